The van der Waals surface area contributed by atoms with Gasteiger partial charge in [-0.25, -0.2) is 0 Å². The number of amides is 1. The molecule has 0 atom stereocenters. The number of halogens is 1. The fourth-order valence-electron chi connectivity index (χ4n) is 1.66. The minimum Gasteiger partial charge on any atom is -0.480 e. The van der Waals surface area contributed by atoms with Crippen LogP contribution in [0.5, 0.6) is 0 Å². The van der Waals surface area contributed by atoms with Gasteiger partial charge in [-0.1, -0.05) is 15.9 Å². The number of nitrogens with zero attached hydrogens (tertiary/aromatic N) is 1. The lowest BCUT2D eigenvalue weighted by Gasteiger charge is -2.25. The van der Waals surface area contributed by atoms with Gasteiger partial charge in [0.15, 0.2) is 0 Å². The normalized spacial score (nSPS) is 10.5. The molecule has 0 saturated carbocycles. The maximum Gasteiger partial charge on any atom is 0.323 e. The van der Waals surface area contributed by atoms with Crippen LogP contribution in [0.15, 0.2) is 22.7 Å². The number of carboxylic acid groups (broad SMARTS) is 1. The van der Waals surface area contributed by atoms with E-state index in [1.165, 1.54) is 4.90 Å². The number of aryl methyl sites for hydroxylation is 1. The van der Waals surface area contributed by atoms with Gasteiger partial charge in [0.25, 0.3) is 5.91 Å². The lowest BCUT2D eigenvalue weighted by Crippen LogP contribution is -2.40. The molecule has 0 aliphatic rings. The highest BCUT2D eigenvalue weighted by Gasteiger charge is 2.21. The van der Waals surface area contributed by atoms with Crippen LogP contribution in [-0.2, 0) is 4.79 Å². The topological polar surface area (TPSA) is 57.6 Å². The van der Waals surface area contributed by atoms with Crippen LogP contribution in [0.4, 0.5) is 0 Å². The fourth-order valence-corrected chi connectivity index (χ4v) is 2.27. The average Bonchev–Trinajstić information content (AvgIpc) is 2.23. The molecule has 1 rings (SSSR count). The molecule has 1 amide bonds. The summed E-state index contributed by atoms with van der Waals surface area (Å²) < 4.78 is 0.810. The molecule has 4 nitrogen and oxygen atoms in total. The van der Waals surface area contributed by atoms with Crippen LogP contribution >= 0.6 is 15.9 Å². The first-order valence-corrected chi connectivity index (χ1v) is 6.40. The summed E-state index contributed by atoms with van der Waals surface area (Å²) in [6, 6.07) is 5.19. The third-order valence-electron chi connectivity index (χ3n) is 2.48. The highest BCUT2D eigenvalue weighted by molar-refractivity contribution is 9.10. The first-order valence-electron chi connectivity index (χ1n) is 5.61. The molecule has 0 aliphatic carbocycles. The first-order chi connectivity index (χ1) is 8.31. The standard InChI is InChI=1S/C13H16BrNO3/c1-8(2)15(7-12(16)17)13(18)10-4-9(3)5-11(14)6-10/h4-6,8H,7H2,1-3H3,(H,16,17). The maximum absolute atomic E-state index is 12.3. The van der Waals surface area contributed by atoms with E-state index in [1.54, 1.807) is 26.0 Å². The third-order valence-corrected chi connectivity index (χ3v) is 2.94. The highest BCUT2D eigenvalue weighted by Crippen LogP contribution is 2.17. The van der Waals surface area contributed by atoms with Gasteiger partial charge in [-0.15, -0.1) is 0 Å². The summed E-state index contributed by atoms with van der Waals surface area (Å²) in [5.74, 6) is -1.28. The highest BCUT2D eigenvalue weighted by atomic mass is 79.9. The predicted molar refractivity (Wildman–Crippen MR) is 72.7 cm³/mol. The van der Waals surface area contributed by atoms with Crippen molar-refractivity contribution in [1.82, 2.24) is 4.90 Å². The summed E-state index contributed by atoms with van der Waals surface area (Å²) in [6.45, 7) is 5.19. The van der Waals surface area contributed by atoms with E-state index in [-0.39, 0.29) is 18.5 Å². The molecule has 0 radical (unpaired) electrons. The molecule has 1 aromatic carbocycles. The van der Waals surface area contributed by atoms with E-state index < -0.39 is 5.97 Å². The molecule has 1 N–H and O–H groups in total. The third kappa shape index (κ3) is 3.84. The van der Waals surface area contributed by atoms with Crippen molar-refractivity contribution >= 4 is 27.8 Å². The van der Waals surface area contributed by atoms with Gasteiger partial charge in [0.1, 0.15) is 6.54 Å². The van der Waals surface area contributed by atoms with Crippen LogP contribution in [0.25, 0.3) is 0 Å². The Morgan fingerprint density at radius 3 is 2.39 bits per heavy atom. The largest absolute Gasteiger partial charge is 0.480 e. The van der Waals surface area contributed by atoms with Crippen LogP contribution in [0.3, 0.4) is 0 Å². The first kappa shape index (κ1) is 14.7. The van der Waals surface area contributed by atoms with E-state index >= 15 is 0 Å². The Kier molecular flexibility index (Phi) is 4.90. The molecule has 98 valence electrons. The van der Waals surface area contributed by atoms with Gasteiger partial charge in [0.2, 0.25) is 0 Å². The van der Waals surface area contributed by atoms with Gasteiger partial charge in [0.05, 0.1) is 0 Å². The number of aliphatic carboxylic acids is 1. The van der Waals surface area contributed by atoms with E-state index in [0.717, 1.165) is 10.0 Å². The lowest BCUT2D eigenvalue weighted by molar-refractivity contribution is -0.138. The Hall–Kier alpha value is -1.36. The SMILES string of the molecule is Cc1cc(Br)cc(C(=O)N(CC(=O)O)C(C)C)c1. The molecule has 0 spiro atoms. The summed E-state index contributed by atoms with van der Waals surface area (Å²) in [5, 5.41) is 8.83. The molecule has 0 aliphatic heterocycles. The second-order valence-corrected chi connectivity index (χ2v) is 5.35. The van der Waals surface area contributed by atoms with Crippen LogP contribution in [0.2, 0.25) is 0 Å². The van der Waals surface area contributed by atoms with Crippen molar-refractivity contribution < 1.29 is 14.7 Å². The predicted octanol–water partition coefficient (Wildman–Crippen LogP) is 2.69. The molecule has 0 aromatic heterocycles. The van der Waals surface area contributed by atoms with E-state index in [1.807, 2.05) is 13.0 Å². The van der Waals surface area contributed by atoms with Crippen molar-refractivity contribution in [3.8, 4) is 0 Å². The smallest absolute Gasteiger partial charge is 0.323 e. The Bertz CT molecular complexity index is 451. The molecule has 0 heterocycles. The van der Waals surface area contributed by atoms with E-state index in [9.17, 15) is 9.59 Å². The van der Waals surface area contributed by atoms with Gasteiger partial charge >= 0.3 is 5.97 Å². The summed E-state index contributed by atoms with van der Waals surface area (Å²) in [4.78, 5) is 24.4. The monoisotopic (exact) mass is 313 g/mol. The molecule has 0 fully saturated rings. The number of carbonyl (C=O) groups is 2. The van der Waals surface area contributed by atoms with E-state index in [2.05, 4.69) is 15.9 Å². The molecule has 1 aromatic rings. The van der Waals surface area contributed by atoms with Gasteiger partial charge in [0, 0.05) is 16.1 Å². The molecule has 0 unspecified atom stereocenters. The number of benzene rings is 1. The number of carbonyl (C=O) groups excluding carboxylic acids is 1. The molecule has 0 saturated heterocycles. The molecule has 5 heteroatoms. The molecular weight excluding hydrogens is 298 g/mol. The van der Waals surface area contributed by atoms with Crippen LogP contribution in [-0.4, -0.2) is 34.5 Å². The Balaban J connectivity index is 3.05. The van der Waals surface area contributed by atoms with Crippen LogP contribution in [0, 0.1) is 6.92 Å². The Morgan fingerprint density at radius 2 is 1.94 bits per heavy atom. The van der Waals surface area contributed by atoms with E-state index in [4.69, 9.17) is 5.11 Å². The Morgan fingerprint density at radius 1 is 1.33 bits per heavy atom. The summed E-state index contributed by atoms with van der Waals surface area (Å²) in [6.07, 6.45) is 0. The van der Waals surface area contributed by atoms with Gasteiger partial charge < -0.3 is 10.0 Å². The summed E-state index contributed by atoms with van der Waals surface area (Å²) in [7, 11) is 0. The van der Waals surface area contributed by atoms with Crippen molar-refractivity contribution in [3.05, 3.63) is 33.8 Å². The molecular formula is C13H16BrNO3. The second kappa shape index (κ2) is 6.00. The quantitative estimate of drug-likeness (QED) is 0.929. The molecule has 18 heavy (non-hydrogen) atoms. The summed E-state index contributed by atoms with van der Waals surface area (Å²) >= 11 is 3.33. The second-order valence-electron chi connectivity index (χ2n) is 4.44. The zero-order valence-corrected chi connectivity index (χ0v) is 12.2. The Labute approximate surface area is 115 Å². The number of carboxylic acids is 1. The van der Waals surface area contributed by atoms with Crippen molar-refractivity contribution in [3.63, 3.8) is 0 Å². The fraction of sp³-hybridized carbons (Fsp3) is 0.385. The average molecular weight is 314 g/mol. The number of hydrogen-bond acceptors (Lipinski definition) is 2. The zero-order valence-electron chi connectivity index (χ0n) is 10.6. The molecule has 0 bridgehead atoms. The van der Waals surface area contributed by atoms with Gasteiger partial charge in [-0.2, -0.15) is 0 Å². The van der Waals surface area contributed by atoms with Crippen LogP contribution < -0.4 is 0 Å². The van der Waals surface area contributed by atoms with Crippen molar-refractivity contribution in [2.24, 2.45) is 0 Å². The number of rotatable bonds is 4. The van der Waals surface area contributed by atoms with Crippen LogP contribution in [0.1, 0.15) is 29.8 Å². The van der Waals surface area contributed by atoms with Crippen molar-refractivity contribution in [2.75, 3.05) is 6.54 Å². The number of hydrogen-bond donors (Lipinski definition) is 1. The van der Waals surface area contributed by atoms with E-state index in [0.29, 0.717) is 5.56 Å². The van der Waals surface area contributed by atoms with Gasteiger partial charge in [-0.05, 0) is 44.5 Å². The zero-order chi connectivity index (χ0) is 13.9. The minimum atomic E-state index is -1.01. The van der Waals surface area contributed by atoms with Gasteiger partial charge in [-0.3, -0.25) is 9.59 Å². The summed E-state index contributed by atoms with van der Waals surface area (Å²) in [5.41, 5.74) is 1.45. The lowest BCUT2D eigenvalue weighted by atomic mass is 10.1. The van der Waals surface area contributed by atoms with Crippen molar-refractivity contribution in [1.29, 1.82) is 0 Å². The minimum absolute atomic E-state index is 0.159. The van der Waals surface area contributed by atoms with Crippen molar-refractivity contribution in [2.45, 2.75) is 26.8 Å². The maximum atomic E-state index is 12.3.